The Hall–Kier alpha value is -2.18. The molecule has 1 heterocycles. The van der Waals surface area contributed by atoms with Gasteiger partial charge in [-0.3, -0.25) is 10.2 Å². The maximum absolute atomic E-state index is 11.5. The zero-order chi connectivity index (χ0) is 11.5. The van der Waals surface area contributed by atoms with Gasteiger partial charge in [-0.25, -0.2) is 16.7 Å². The lowest BCUT2D eigenvalue weighted by Gasteiger charge is -2.08. The van der Waals surface area contributed by atoms with Crippen molar-refractivity contribution in [3.8, 4) is 0 Å². The van der Waals surface area contributed by atoms with E-state index in [1.807, 2.05) is 24.3 Å². The van der Waals surface area contributed by atoms with E-state index in [-0.39, 0.29) is 5.91 Å². The standard InChI is InChI=1S/C10H11N5O/c11-14-9-7-4-2-1-3-6(7)8(5-13-9)10(16)15-12/h1-5H,11-12H2,(H,13,14)(H,15,16). The molecule has 82 valence electrons. The van der Waals surface area contributed by atoms with E-state index < -0.39 is 0 Å². The minimum Gasteiger partial charge on any atom is -0.308 e. The Bertz CT molecular complexity index is 540. The molecule has 0 atom stereocenters. The molecule has 0 aliphatic rings. The number of amides is 1. The number of nitrogens with one attached hydrogen (secondary N) is 2. The predicted octanol–water partition coefficient (Wildman–Crippen LogP) is 0.124. The first-order valence-electron chi connectivity index (χ1n) is 4.63. The second kappa shape index (κ2) is 4.13. The minimum absolute atomic E-state index is 0.382. The van der Waals surface area contributed by atoms with Crippen LogP contribution in [-0.2, 0) is 0 Å². The van der Waals surface area contributed by atoms with Crippen molar-refractivity contribution >= 4 is 22.5 Å². The molecule has 0 unspecified atom stereocenters. The molecule has 1 aromatic heterocycles. The molecule has 1 aromatic carbocycles. The van der Waals surface area contributed by atoms with Gasteiger partial charge in [0.05, 0.1) is 5.56 Å². The van der Waals surface area contributed by atoms with Crippen LogP contribution in [-0.4, -0.2) is 10.9 Å². The van der Waals surface area contributed by atoms with E-state index >= 15 is 0 Å². The molecule has 6 heteroatoms. The third kappa shape index (κ3) is 1.56. The largest absolute Gasteiger partial charge is 0.308 e. The number of hydrogen-bond acceptors (Lipinski definition) is 5. The second-order valence-corrected chi connectivity index (χ2v) is 3.18. The first kappa shape index (κ1) is 10.3. The minimum atomic E-state index is -0.382. The normalized spacial score (nSPS) is 10.1. The summed E-state index contributed by atoms with van der Waals surface area (Å²) in [5.41, 5.74) is 4.97. The summed E-state index contributed by atoms with van der Waals surface area (Å²) in [7, 11) is 0. The summed E-state index contributed by atoms with van der Waals surface area (Å²) in [4.78, 5) is 15.5. The van der Waals surface area contributed by atoms with Crippen LogP contribution in [0.4, 0.5) is 5.82 Å². The van der Waals surface area contributed by atoms with E-state index in [0.717, 1.165) is 10.8 Å². The summed E-state index contributed by atoms with van der Waals surface area (Å²) in [6, 6.07) is 7.30. The third-order valence-corrected chi connectivity index (χ3v) is 2.31. The maximum atomic E-state index is 11.5. The Labute approximate surface area is 91.6 Å². The Morgan fingerprint density at radius 3 is 2.50 bits per heavy atom. The van der Waals surface area contributed by atoms with Crippen molar-refractivity contribution in [2.45, 2.75) is 0 Å². The molecule has 16 heavy (non-hydrogen) atoms. The smallest absolute Gasteiger partial charge is 0.267 e. The van der Waals surface area contributed by atoms with Gasteiger partial charge in [-0.15, -0.1) is 0 Å². The molecule has 0 radical (unpaired) electrons. The van der Waals surface area contributed by atoms with Crippen molar-refractivity contribution in [1.82, 2.24) is 10.4 Å². The first-order valence-corrected chi connectivity index (χ1v) is 4.63. The Morgan fingerprint density at radius 2 is 1.88 bits per heavy atom. The lowest BCUT2D eigenvalue weighted by atomic mass is 10.1. The molecule has 0 aliphatic heterocycles. The molecule has 2 aromatic rings. The lowest BCUT2D eigenvalue weighted by Crippen LogP contribution is -2.30. The zero-order valence-corrected chi connectivity index (χ0v) is 8.40. The number of hydrogen-bond donors (Lipinski definition) is 4. The van der Waals surface area contributed by atoms with Crippen LogP contribution in [0.25, 0.3) is 10.8 Å². The highest BCUT2D eigenvalue weighted by atomic mass is 16.2. The number of nitrogens with zero attached hydrogens (tertiary/aromatic N) is 1. The number of anilines is 1. The average Bonchev–Trinajstić information content (AvgIpc) is 2.36. The van der Waals surface area contributed by atoms with Crippen molar-refractivity contribution < 1.29 is 4.79 Å². The van der Waals surface area contributed by atoms with Crippen molar-refractivity contribution in [3.63, 3.8) is 0 Å². The average molecular weight is 217 g/mol. The molecule has 0 bridgehead atoms. The van der Waals surface area contributed by atoms with E-state index in [2.05, 4.69) is 15.8 Å². The van der Waals surface area contributed by atoms with Gasteiger partial charge in [0.15, 0.2) is 0 Å². The van der Waals surface area contributed by atoms with Gasteiger partial charge in [0.2, 0.25) is 0 Å². The summed E-state index contributed by atoms with van der Waals surface area (Å²) < 4.78 is 0. The van der Waals surface area contributed by atoms with Gasteiger partial charge in [0.1, 0.15) is 5.82 Å². The molecule has 6 N–H and O–H groups in total. The van der Waals surface area contributed by atoms with E-state index in [0.29, 0.717) is 11.4 Å². The van der Waals surface area contributed by atoms with Crippen LogP contribution in [0.2, 0.25) is 0 Å². The SMILES string of the molecule is NNC(=O)c1cnc(NN)c2ccccc12. The highest BCUT2D eigenvalue weighted by Crippen LogP contribution is 2.23. The van der Waals surface area contributed by atoms with Crippen molar-refractivity contribution in [3.05, 3.63) is 36.0 Å². The number of fused-ring (bicyclic) bond motifs is 1. The maximum Gasteiger partial charge on any atom is 0.267 e. The van der Waals surface area contributed by atoms with Gasteiger partial charge in [-0.2, -0.15) is 0 Å². The molecular formula is C10H11N5O. The summed E-state index contributed by atoms with van der Waals surface area (Å²) >= 11 is 0. The quantitative estimate of drug-likeness (QED) is 0.325. The van der Waals surface area contributed by atoms with Gasteiger partial charge in [0.25, 0.3) is 5.91 Å². The van der Waals surface area contributed by atoms with Crippen LogP contribution in [0, 0.1) is 0 Å². The fraction of sp³-hybridized carbons (Fsp3) is 0. The molecule has 0 saturated heterocycles. The van der Waals surface area contributed by atoms with Crippen molar-refractivity contribution in [2.24, 2.45) is 11.7 Å². The summed E-state index contributed by atoms with van der Waals surface area (Å²) in [5, 5.41) is 1.51. The summed E-state index contributed by atoms with van der Waals surface area (Å²) in [5.74, 6) is 10.6. The number of nitrogens with two attached hydrogens (primary N) is 2. The van der Waals surface area contributed by atoms with Crippen LogP contribution in [0.15, 0.2) is 30.5 Å². The zero-order valence-electron chi connectivity index (χ0n) is 8.40. The number of hydrazine groups is 2. The molecule has 2 rings (SSSR count). The van der Waals surface area contributed by atoms with Crippen LogP contribution >= 0.6 is 0 Å². The van der Waals surface area contributed by atoms with Crippen LogP contribution in [0.3, 0.4) is 0 Å². The molecular weight excluding hydrogens is 206 g/mol. The topological polar surface area (TPSA) is 106 Å². The number of nitrogen functional groups attached to an aromatic ring is 2. The molecule has 1 amide bonds. The highest BCUT2D eigenvalue weighted by molar-refractivity contribution is 6.08. The Balaban J connectivity index is 2.74. The molecule has 0 spiro atoms. The van der Waals surface area contributed by atoms with E-state index in [9.17, 15) is 4.79 Å². The summed E-state index contributed by atoms with van der Waals surface area (Å²) in [6.07, 6.45) is 1.43. The van der Waals surface area contributed by atoms with Gasteiger partial charge >= 0.3 is 0 Å². The summed E-state index contributed by atoms with van der Waals surface area (Å²) in [6.45, 7) is 0. The third-order valence-electron chi connectivity index (χ3n) is 2.31. The number of benzene rings is 1. The molecule has 0 fully saturated rings. The Kier molecular flexibility index (Phi) is 2.67. The molecule has 0 saturated carbocycles. The second-order valence-electron chi connectivity index (χ2n) is 3.18. The van der Waals surface area contributed by atoms with E-state index in [1.54, 1.807) is 0 Å². The van der Waals surface area contributed by atoms with Gasteiger partial charge in [-0.05, 0) is 5.39 Å². The van der Waals surface area contributed by atoms with E-state index in [1.165, 1.54) is 6.20 Å². The fourth-order valence-electron chi connectivity index (χ4n) is 1.57. The number of carbonyl (C=O) groups is 1. The van der Waals surface area contributed by atoms with Crippen LogP contribution in [0.1, 0.15) is 10.4 Å². The molecule has 6 nitrogen and oxygen atoms in total. The van der Waals surface area contributed by atoms with Crippen LogP contribution in [0.5, 0.6) is 0 Å². The van der Waals surface area contributed by atoms with Crippen molar-refractivity contribution in [1.29, 1.82) is 0 Å². The van der Waals surface area contributed by atoms with Crippen molar-refractivity contribution in [2.75, 3.05) is 5.43 Å². The Morgan fingerprint density at radius 1 is 1.19 bits per heavy atom. The van der Waals surface area contributed by atoms with Gasteiger partial charge in [0, 0.05) is 11.6 Å². The fourth-order valence-corrected chi connectivity index (χ4v) is 1.57. The number of aromatic nitrogens is 1. The van der Waals surface area contributed by atoms with Gasteiger partial charge < -0.3 is 5.43 Å². The predicted molar refractivity (Wildman–Crippen MR) is 61.2 cm³/mol. The number of carbonyl (C=O) groups excluding carboxylic acids is 1. The van der Waals surface area contributed by atoms with E-state index in [4.69, 9.17) is 11.7 Å². The number of pyridine rings is 1. The highest BCUT2D eigenvalue weighted by Gasteiger charge is 2.11. The monoisotopic (exact) mass is 217 g/mol. The van der Waals surface area contributed by atoms with Gasteiger partial charge in [-0.1, -0.05) is 24.3 Å². The lowest BCUT2D eigenvalue weighted by molar-refractivity contribution is 0.0955. The number of rotatable bonds is 2. The van der Waals surface area contributed by atoms with Crippen LogP contribution < -0.4 is 22.5 Å². The molecule has 0 aliphatic carbocycles. The first-order chi connectivity index (χ1) is 7.77.